The number of benzene rings is 1. The van der Waals surface area contributed by atoms with Crippen LogP contribution in [0, 0.1) is 5.92 Å². The Hall–Kier alpha value is -2.82. The first kappa shape index (κ1) is 14.1. The zero-order chi connectivity index (χ0) is 15.7. The average Bonchev–Trinajstić information content (AvgIpc) is 2.62. The van der Waals surface area contributed by atoms with Crippen LogP contribution in [0.4, 0.5) is 10.5 Å². The molecule has 2 amide bonds. The third kappa shape index (κ3) is 2.30. The first-order valence-corrected chi connectivity index (χ1v) is 7.05. The Labute approximate surface area is 128 Å². The Morgan fingerprint density at radius 3 is 2.91 bits per heavy atom. The second kappa shape index (κ2) is 5.52. The number of para-hydroxylation sites is 1. The Balaban J connectivity index is 2.26. The molecule has 3 rings (SSSR count). The minimum absolute atomic E-state index is 0.286. The summed E-state index contributed by atoms with van der Waals surface area (Å²) in [6, 6.07) is 6.79. The standard InChI is InChI=1S/C17H16N2O3/c1-11-6-7-15-13(8-11)16(22-10-20)9-12-4-2-3-5-14(12)19(15)17(18)21/h2-5,7-11H,6H2,1H3,(H2,18,21). The Morgan fingerprint density at radius 1 is 1.41 bits per heavy atom. The number of nitrogens with zero attached hydrogens (tertiary/aromatic N) is 1. The van der Waals surface area contributed by atoms with Crippen LogP contribution in [-0.4, -0.2) is 12.5 Å². The van der Waals surface area contributed by atoms with Crippen molar-refractivity contribution in [2.45, 2.75) is 13.3 Å². The fourth-order valence-electron chi connectivity index (χ4n) is 2.81. The van der Waals surface area contributed by atoms with Gasteiger partial charge in [-0.15, -0.1) is 0 Å². The molecule has 0 aromatic heterocycles. The van der Waals surface area contributed by atoms with Crippen LogP contribution < -0.4 is 10.6 Å². The summed E-state index contributed by atoms with van der Waals surface area (Å²) in [5, 5.41) is 0. The van der Waals surface area contributed by atoms with Crippen molar-refractivity contribution in [2.24, 2.45) is 11.7 Å². The van der Waals surface area contributed by atoms with Gasteiger partial charge in [-0.1, -0.05) is 37.3 Å². The Bertz CT molecular complexity index is 731. The highest BCUT2D eigenvalue weighted by atomic mass is 16.5. The fraction of sp³-hybridized carbons (Fsp3) is 0.176. The van der Waals surface area contributed by atoms with Gasteiger partial charge in [0.05, 0.1) is 11.4 Å². The number of hydrogen-bond acceptors (Lipinski definition) is 3. The van der Waals surface area contributed by atoms with Crippen LogP contribution in [0.25, 0.3) is 6.08 Å². The topological polar surface area (TPSA) is 72.6 Å². The number of primary amides is 1. The molecule has 1 aromatic rings. The molecule has 1 aliphatic heterocycles. The summed E-state index contributed by atoms with van der Waals surface area (Å²) in [5.41, 5.74) is 8.40. The molecule has 1 heterocycles. The third-order valence-electron chi connectivity index (χ3n) is 3.78. The lowest BCUT2D eigenvalue weighted by atomic mass is 9.93. The summed E-state index contributed by atoms with van der Waals surface area (Å²) in [6.45, 7) is 2.46. The lowest BCUT2D eigenvalue weighted by Gasteiger charge is -2.28. The number of allylic oxidation sites excluding steroid dienone is 2. The van der Waals surface area contributed by atoms with Crippen molar-refractivity contribution in [1.29, 1.82) is 0 Å². The molecule has 2 N–H and O–H groups in total. The number of amides is 2. The van der Waals surface area contributed by atoms with Gasteiger partial charge in [0.25, 0.3) is 6.47 Å². The van der Waals surface area contributed by atoms with Gasteiger partial charge < -0.3 is 10.5 Å². The number of rotatable bonds is 2. The summed E-state index contributed by atoms with van der Waals surface area (Å²) in [6.07, 6.45) is 6.49. The van der Waals surface area contributed by atoms with E-state index in [9.17, 15) is 9.59 Å². The maximum absolute atomic E-state index is 12.0. The predicted octanol–water partition coefficient (Wildman–Crippen LogP) is 2.95. The molecule has 5 heteroatoms. The van der Waals surface area contributed by atoms with Crippen LogP contribution in [0.2, 0.25) is 0 Å². The van der Waals surface area contributed by atoms with E-state index in [-0.39, 0.29) is 5.92 Å². The normalized spacial score (nSPS) is 19.8. The number of anilines is 1. The summed E-state index contributed by atoms with van der Waals surface area (Å²) >= 11 is 0. The van der Waals surface area contributed by atoms with E-state index in [1.165, 1.54) is 4.90 Å². The zero-order valence-electron chi connectivity index (χ0n) is 12.2. The molecule has 0 radical (unpaired) electrons. The highest BCUT2D eigenvalue weighted by molar-refractivity contribution is 5.99. The predicted molar refractivity (Wildman–Crippen MR) is 83.6 cm³/mol. The lowest BCUT2D eigenvalue weighted by molar-refractivity contribution is -0.124. The molecule has 2 aliphatic rings. The summed E-state index contributed by atoms with van der Waals surface area (Å²) in [4.78, 5) is 24.3. The molecule has 22 heavy (non-hydrogen) atoms. The van der Waals surface area contributed by atoms with E-state index >= 15 is 0 Å². The largest absolute Gasteiger partial charge is 0.428 e. The fourth-order valence-corrected chi connectivity index (χ4v) is 2.81. The number of urea groups is 1. The molecule has 0 spiro atoms. The van der Waals surface area contributed by atoms with E-state index < -0.39 is 6.03 Å². The highest BCUT2D eigenvalue weighted by Gasteiger charge is 2.30. The molecule has 1 unspecified atom stereocenters. The van der Waals surface area contributed by atoms with Gasteiger partial charge in [0.1, 0.15) is 5.76 Å². The monoisotopic (exact) mass is 296 g/mol. The molecular weight excluding hydrogens is 280 g/mol. The molecule has 112 valence electrons. The van der Waals surface area contributed by atoms with Crippen LogP contribution in [0.3, 0.4) is 0 Å². The van der Waals surface area contributed by atoms with Crippen LogP contribution >= 0.6 is 0 Å². The number of nitrogens with two attached hydrogens (primary N) is 1. The molecule has 1 atom stereocenters. The first-order valence-electron chi connectivity index (χ1n) is 7.05. The summed E-state index contributed by atoms with van der Waals surface area (Å²) < 4.78 is 5.16. The second-order valence-electron chi connectivity index (χ2n) is 5.34. The van der Waals surface area contributed by atoms with Crippen molar-refractivity contribution in [3.05, 3.63) is 59.0 Å². The number of carbonyl (C=O) groups excluding carboxylic acids is 2. The van der Waals surface area contributed by atoms with Crippen molar-refractivity contribution >= 4 is 24.3 Å². The van der Waals surface area contributed by atoms with Crippen molar-refractivity contribution < 1.29 is 14.3 Å². The van der Waals surface area contributed by atoms with Crippen LogP contribution in [0.1, 0.15) is 18.9 Å². The Kier molecular flexibility index (Phi) is 3.55. The van der Waals surface area contributed by atoms with Gasteiger partial charge in [0.2, 0.25) is 0 Å². The average molecular weight is 296 g/mol. The van der Waals surface area contributed by atoms with Crippen molar-refractivity contribution in [3.8, 4) is 0 Å². The van der Waals surface area contributed by atoms with E-state index in [1.54, 1.807) is 6.08 Å². The maximum atomic E-state index is 12.0. The van der Waals surface area contributed by atoms with E-state index in [2.05, 4.69) is 6.92 Å². The molecule has 1 aliphatic carbocycles. The molecule has 0 saturated heterocycles. The second-order valence-corrected chi connectivity index (χ2v) is 5.34. The molecule has 0 bridgehead atoms. The minimum atomic E-state index is -0.570. The molecule has 0 fully saturated rings. The third-order valence-corrected chi connectivity index (χ3v) is 3.78. The van der Waals surface area contributed by atoms with Crippen molar-refractivity contribution in [3.63, 3.8) is 0 Å². The minimum Gasteiger partial charge on any atom is -0.428 e. The maximum Gasteiger partial charge on any atom is 0.323 e. The van der Waals surface area contributed by atoms with E-state index in [0.717, 1.165) is 12.0 Å². The number of ether oxygens (including phenoxy) is 1. The molecule has 0 saturated carbocycles. The van der Waals surface area contributed by atoms with E-state index in [1.807, 2.05) is 36.4 Å². The van der Waals surface area contributed by atoms with Gasteiger partial charge in [-0.3, -0.25) is 9.69 Å². The number of hydrogen-bond donors (Lipinski definition) is 1. The van der Waals surface area contributed by atoms with E-state index in [0.29, 0.717) is 29.2 Å². The van der Waals surface area contributed by atoms with Crippen molar-refractivity contribution in [2.75, 3.05) is 4.90 Å². The zero-order valence-corrected chi connectivity index (χ0v) is 12.2. The first-order chi connectivity index (χ1) is 10.6. The smallest absolute Gasteiger partial charge is 0.323 e. The number of carbonyl (C=O) groups is 2. The quantitative estimate of drug-likeness (QED) is 0.853. The molecular formula is C17H16N2O3. The van der Waals surface area contributed by atoms with Gasteiger partial charge in [-0.2, -0.15) is 0 Å². The molecule has 5 nitrogen and oxygen atoms in total. The van der Waals surface area contributed by atoms with Crippen LogP contribution in [0.5, 0.6) is 0 Å². The van der Waals surface area contributed by atoms with Gasteiger partial charge in [-0.25, -0.2) is 4.79 Å². The summed E-state index contributed by atoms with van der Waals surface area (Å²) in [5.74, 6) is 0.706. The van der Waals surface area contributed by atoms with Crippen LogP contribution in [-0.2, 0) is 9.53 Å². The van der Waals surface area contributed by atoms with Gasteiger partial charge >= 0.3 is 6.03 Å². The van der Waals surface area contributed by atoms with Gasteiger partial charge in [-0.05, 0) is 24.5 Å². The SMILES string of the molecule is CC1C=C2C(OC=O)=Cc3ccccc3N(C(N)=O)C2=CC1. The highest BCUT2D eigenvalue weighted by Crippen LogP contribution is 2.39. The van der Waals surface area contributed by atoms with Crippen LogP contribution in [0.15, 0.2) is 53.4 Å². The lowest BCUT2D eigenvalue weighted by Crippen LogP contribution is -2.36. The van der Waals surface area contributed by atoms with Gasteiger partial charge in [0, 0.05) is 11.1 Å². The van der Waals surface area contributed by atoms with Gasteiger partial charge in [0.15, 0.2) is 0 Å². The Morgan fingerprint density at radius 2 is 2.18 bits per heavy atom. The number of fused-ring (bicyclic) bond motifs is 2. The summed E-state index contributed by atoms with van der Waals surface area (Å²) in [7, 11) is 0. The molecule has 1 aromatic carbocycles. The van der Waals surface area contributed by atoms with Crippen molar-refractivity contribution in [1.82, 2.24) is 0 Å². The van der Waals surface area contributed by atoms with E-state index in [4.69, 9.17) is 10.5 Å².